The van der Waals surface area contributed by atoms with E-state index < -0.39 is 12.1 Å². The second kappa shape index (κ2) is 9.45. The van der Waals surface area contributed by atoms with E-state index in [4.69, 9.17) is 4.74 Å². The van der Waals surface area contributed by atoms with E-state index in [1.54, 1.807) is 4.90 Å². The number of halogens is 1. The van der Waals surface area contributed by atoms with Crippen LogP contribution in [0.15, 0.2) is 36.1 Å². The summed E-state index contributed by atoms with van der Waals surface area (Å²) < 4.78 is 10.5. The van der Waals surface area contributed by atoms with Gasteiger partial charge in [-0.2, -0.15) is 0 Å². The maximum atomic E-state index is 11.6. The lowest BCUT2D eigenvalue weighted by Crippen LogP contribution is -2.51. The van der Waals surface area contributed by atoms with Gasteiger partial charge < -0.3 is 19.5 Å². The number of esters is 1. The zero-order chi connectivity index (χ0) is 20.9. The highest BCUT2D eigenvalue weighted by molar-refractivity contribution is 9.09. The summed E-state index contributed by atoms with van der Waals surface area (Å²) in [6, 6.07) is 7.72. The molecule has 2 rings (SSSR count). The number of hydrogen-bond acceptors (Lipinski definition) is 4. The fraction of sp³-hybridized carbons (Fsp3) is 0.524. The summed E-state index contributed by atoms with van der Waals surface area (Å²) in [7, 11) is 1.32. The van der Waals surface area contributed by atoms with Gasteiger partial charge in [-0.25, -0.2) is 9.59 Å². The van der Waals surface area contributed by atoms with Gasteiger partial charge in [-0.05, 0) is 41.9 Å². The van der Waals surface area contributed by atoms with E-state index in [0.717, 1.165) is 18.4 Å². The maximum Gasteiger partial charge on any atom is 0.407 e. The standard InChI is InChI=1S/C21H28BrNO5/c1-21(2,3)18-11-15(8-9-23(18)20(25)26)14-6-5-7-16(10-14)28-17(13-22)12-19(24)27-4/h5-7,10,12,15,18H,8-9,11,13H2,1-4H3,(H,25,26)/b17-12+. The largest absolute Gasteiger partial charge is 0.466 e. The molecule has 28 heavy (non-hydrogen) atoms. The van der Waals surface area contributed by atoms with E-state index in [2.05, 4.69) is 41.4 Å². The van der Waals surface area contributed by atoms with Crippen LogP contribution in [0.1, 0.15) is 45.1 Å². The van der Waals surface area contributed by atoms with Crippen molar-refractivity contribution in [2.45, 2.75) is 45.6 Å². The minimum Gasteiger partial charge on any atom is -0.466 e. The molecule has 1 aromatic rings. The summed E-state index contributed by atoms with van der Waals surface area (Å²) in [6.45, 7) is 6.75. The molecule has 1 saturated heterocycles. The Morgan fingerprint density at radius 1 is 1.36 bits per heavy atom. The number of carbonyl (C=O) groups excluding carboxylic acids is 1. The molecule has 1 amide bonds. The number of piperidine rings is 1. The molecule has 0 bridgehead atoms. The van der Waals surface area contributed by atoms with Gasteiger partial charge in [0.25, 0.3) is 0 Å². The van der Waals surface area contributed by atoms with Crippen molar-refractivity contribution in [3.05, 3.63) is 41.7 Å². The highest BCUT2D eigenvalue weighted by atomic mass is 79.9. The molecule has 0 aliphatic carbocycles. The first kappa shape index (κ1) is 22.3. The van der Waals surface area contributed by atoms with Crippen molar-refractivity contribution in [1.29, 1.82) is 0 Å². The summed E-state index contributed by atoms with van der Waals surface area (Å²) in [4.78, 5) is 24.7. The van der Waals surface area contributed by atoms with Crippen LogP contribution in [0.4, 0.5) is 4.79 Å². The molecule has 0 saturated carbocycles. The average molecular weight is 454 g/mol. The third-order valence-corrected chi connectivity index (χ3v) is 5.59. The predicted octanol–water partition coefficient (Wildman–Crippen LogP) is 4.79. The highest BCUT2D eigenvalue weighted by Gasteiger charge is 2.39. The Balaban J connectivity index is 2.20. The van der Waals surface area contributed by atoms with Crippen LogP contribution in [-0.4, -0.2) is 47.1 Å². The van der Waals surface area contributed by atoms with E-state index in [9.17, 15) is 14.7 Å². The summed E-state index contributed by atoms with van der Waals surface area (Å²) in [6.07, 6.45) is 1.99. The minimum atomic E-state index is -0.856. The molecule has 0 spiro atoms. The molecule has 1 fully saturated rings. The first-order valence-corrected chi connectivity index (χ1v) is 10.4. The van der Waals surface area contributed by atoms with Gasteiger partial charge >= 0.3 is 12.1 Å². The van der Waals surface area contributed by atoms with Gasteiger partial charge in [0.15, 0.2) is 0 Å². The van der Waals surface area contributed by atoms with Crippen LogP contribution in [0, 0.1) is 5.41 Å². The Hall–Kier alpha value is -2.02. The summed E-state index contributed by atoms with van der Waals surface area (Å²) in [5, 5.41) is 9.93. The molecular weight excluding hydrogens is 426 g/mol. The van der Waals surface area contributed by atoms with Crippen LogP contribution in [-0.2, 0) is 9.53 Å². The maximum absolute atomic E-state index is 11.6. The van der Waals surface area contributed by atoms with Crippen molar-refractivity contribution < 1.29 is 24.2 Å². The molecule has 2 atom stereocenters. The smallest absolute Gasteiger partial charge is 0.407 e. The van der Waals surface area contributed by atoms with Crippen LogP contribution < -0.4 is 4.74 Å². The zero-order valence-electron chi connectivity index (χ0n) is 16.8. The van der Waals surface area contributed by atoms with Crippen LogP contribution in [0.5, 0.6) is 5.75 Å². The number of hydrogen-bond donors (Lipinski definition) is 1. The monoisotopic (exact) mass is 453 g/mol. The zero-order valence-corrected chi connectivity index (χ0v) is 18.4. The lowest BCUT2D eigenvalue weighted by molar-refractivity contribution is -0.135. The van der Waals surface area contributed by atoms with E-state index in [-0.39, 0.29) is 17.4 Å². The molecule has 1 aromatic carbocycles. The highest BCUT2D eigenvalue weighted by Crippen LogP contribution is 2.39. The number of methoxy groups -OCH3 is 1. The van der Waals surface area contributed by atoms with Crippen molar-refractivity contribution in [2.75, 3.05) is 19.0 Å². The normalized spacial score (nSPS) is 20.6. The van der Waals surface area contributed by atoms with Gasteiger partial charge in [0.05, 0.1) is 18.5 Å². The van der Waals surface area contributed by atoms with Gasteiger partial charge in [0, 0.05) is 12.6 Å². The van der Waals surface area contributed by atoms with Crippen molar-refractivity contribution >= 4 is 28.0 Å². The Morgan fingerprint density at radius 2 is 2.07 bits per heavy atom. The van der Waals surface area contributed by atoms with Gasteiger partial charge in [0.2, 0.25) is 0 Å². The van der Waals surface area contributed by atoms with Crippen LogP contribution >= 0.6 is 15.9 Å². The second-order valence-corrected chi connectivity index (χ2v) is 8.58. The third-order valence-electron chi connectivity index (χ3n) is 5.04. The predicted molar refractivity (Wildman–Crippen MR) is 111 cm³/mol. The van der Waals surface area contributed by atoms with Crippen molar-refractivity contribution in [1.82, 2.24) is 4.90 Å². The molecule has 7 heteroatoms. The molecule has 0 radical (unpaired) electrons. The number of likely N-dealkylation sites (tertiary alicyclic amines) is 1. The second-order valence-electron chi connectivity index (χ2n) is 8.02. The molecule has 1 N–H and O–H groups in total. The topological polar surface area (TPSA) is 76.1 Å². The Morgan fingerprint density at radius 3 is 2.64 bits per heavy atom. The Kier molecular flexibility index (Phi) is 7.52. The SMILES string of the molecule is COC(=O)/C=C(\CBr)Oc1cccc(C2CCN(C(=O)O)C(C(C)(C)C)C2)c1. The average Bonchev–Trinajstić information content (AvgIpc) is 2.66. The van der Waals surface area contributed by atoms with Crippen LogP contribution in [0.25, 0.3) is 0 Å². The molecule has 2 unspecified atom stereocenters. The molecule has 0 aromatic heterocycles. The summed E-state index contributed by atoms with van der Waals surface area (Å²) >= 11 is 3.31. The molecule has 1 aliphatic heterocycles. The first-order valence-electron chi connectivity index (χ1n) is 9.27. The van der Waals surface area contributed by atoms with Gasteiger partial charge in [-0.15, -0.1) is 0 Å². The molecule has 154 valence electrons. The van der Waals surface area contributed by atoms with Gasteiger partial charge in [0.1, 0.15) is 11.5 Å². The number of benzene rings is 1. The van der Waals surface area contributed by atoms with Gasteiger partial charge in [-0.1, -0.05) is 48.8 Å². The van der Waals surface area contributed by atoms with Crippen molar-refractivity contribution in [3.8, 4) is 5.75 Å². The minimum absolute atomic E-state index is 0.0503. The van der Waals surface area contributed by atoms with Gasteiger partial charge in [-0.3, -0.25) is 0 Å². The number of amides is 1. The van der Waals surface area contributed by atoms with E-state index >= 15 is 0 Å². The van der Waals surface area contributed by atoms with Crippen LogP contribution in [0.3, 0.4) is 0 Å². The van der Waals surface area contributed by atoms with Crippen molar-refractivity contribution in [2.24, 2.45) is 5.41 Å². The fourth-order valence-electron chi connectivity index (χ4n) is 3.59. The molecule has 1 heterocycles. The number of carboxylic acid groups (broad SMARTS) is 1. The number of nitrogens with zero attached hydrogens (tertiary/aromatic N) is 1. The Labute approximate surface area is 174 Å². The molecule has 6 nitrogen and oxygen atoms in total. The number of alkyl halides is 1. The van der Waals surface area contributed by atoms with E-state index in [1.165, 1.54) is 13.2 Å². The quantitative estimate of drug-likeness (QED) is 0.300. The number of carbonyl (C=O) groups is 2. The number of allylic oxidation sites excluding steroid dienone is 1. The first-order chi connectivity index (χ1) is 13.2. The lowest BCUT2D eigenvalue weighted by Gasteiger charge is -2.44. The fourth-order valence-corrected chi connectivity index (χ4v) is 3.86. The molecular formula is C21H28BrNO5. The summed E-state index contributed by atoms with van der Waals surface area (Å²) in [5.74, 6) is 0.873. The number of rotatable bonds is 5. The summed E-state index contributed by atoms with van der Waals surface area (Å²) in [5.41, 5.74) is 0.973. The lowest BCUT2D eigenvalue weighted by atomic mass is 9.75. The number of ether oxygens (including phenoxy) is 2. The third kappa shape index (κ3) is 5.74. The Bertz CT molecular complexity index is 741. The van der Waals surface area contributed by atoms with E-state index in [1.807, 2.05) is 24.3 Å². The molecule has 1 aliphatic rings. The van der Waals surface area contributed by atoms with E-state index in [0.29, 0.717) is 23.4 Å². The van der Waals surface area contributed by atoms with Crippen molar-refractivity contribution in [3.63, 3.8) is 0 Å². The van der Waals surface area contributed by atoms with Crippen LogP contribution in [0.2, 0.25) is 0 Å².